The van der Waals surface area contributed by atoms with E-state index < -0.39 is 11.9 Å². The van der Waals surface area contributed by atoms with Gasteiger partial charge in [-0.2, -0.15) is 0 Å². The molecule has 5 heteroatoms. The van der Waals surface area contributed by atoms with Gasteiger partial charge in [-0.1, -0.05) is 23.7 Å². The van der Waals surface area contributed by atoms with E-state index in [1.807, 2.05) is 0 Å². The summed E-state index contributed by atoms with van der Waals surface area (Å²) < 4.78 is 0. The number of carbonyl (C=O) groups is 2. The van der Waals surface area contributed by atoms with E-state index >= 15 is 0 Å². The van der Waals surface area contributed by atoms with Crippen LogP contribution >= 0.6 is 11.6 Å². The lowest BCUT2D eigenvalue weighted by molar-refractivity contribution is -0.131. The van der Waals surface area contributed by atoms with E-state index in [0.717, 1.165) is 12.2 Å². The van der Waals surface area contributed by atoms with Gasteiger partial charge in [0.1, 0.15) is 0 Å². The molecule has 1 aromatic rings. The summed E-state index contributed by atoms with van der Waals surface area (Å²) in [6, 6.07) is 6.68. The molecule has 4 nitrogen and oxygen atoms in total. The van der Waals surface area contributed by atoms with Crippen molar-refractivity contribution in [1.29, 1.82) is 0 Å². The van der Waals surface area contributed by atoms with Crippen molar-refractivity contribution in [2.45, 2.75) is 0 Å². The minimum Gasteiger partial charge on any atom is -0.478 e. The average Bonchev–Trinajstić information content (AvgIpc) is 2.18. The van der Waals surface area contributed by atoms with Crippen molar-refractivity contribution < 1.29 is 14.7 Å². The molecule has 1 aromatic carbocycles. The summed E-state index contributed by atoms with van der Waals surface area (Å²) in [5.41, 5.74) is 0.444. The Hall–Kier alpha value is -1.81. The number of anilines is 1. The van der Waals surface area contributed by atoms with Crippen LogP contribution in [0.4, 0.5) is 5.69 Å². The van der Waals surface area contributed by atoms with Crippen molar-refractivity contribution in [1.82, 2.24) is 0 Å². The fourth-order valence-electron chi connectivity index (χ4n) is 0.884. The molecule has 0 aliphatic carbocycles. The molecular formula is C10H8ClNO3. The molecule has 0 atom stereocenters. The van der Waals surface area contributed by atoms with Crippen LogP contribution in [-0.4, -0.2) is 17.0 Å². The number of hydrogen-bond donors (Lipinski definition) is 2. The number of carboxylic acids is 1. The zero-order valence-corrected chi connectivity index (χ0v) is 8.36. The Balaban J connectivity index is 2.67. The van der Waals surface area contributed by atoms with Gasteiger partial charge < -0.3 is 10.4 Å². The van der Waals surface area contributed by atoms with Crippen LogP contribution in [0.15, 0.2) is 36.4 Å². The van der Waals surface area contributed by atoms with Crippen molar-refractivity contribution in [3.63, 3.8) is 0 Å². The van der Waals surface area contributed by atoms with E-state index in [4.69, 9.17) is 16.7 Å². The Morgan fingerprint density at radius 3 is 2.53 bits per heavy atom. The van der Waals surface area contributed by atoms with Gasteiger partial charge in [0.05, 0.1) is 10.7 Å². The van der Waals surface area contributed by atoms with E-state index in [1.165, 1.54) is 0 Å². The van der Waals surface area contributed by atoms with Gasteiger partial charge in [0.2, 0.25) is 5.91 Å². The lowest BCUT2D eigenvalue weighted by Crippen LogP contribution is -2.08. The predicted molar refractivity (Wildman–Crippen MR) is 56.9 cm³/mol. The molecule has 0 saturated carbocycles. The second-order valence-corrected chi connectivity index (χ2v) is 3.05. The summed E-state index contributed by atoms with van der Waals surface area (Å²) in [5.74, 6) is -1.71. The lowest BCUT2D eigenvalue weighted by atomic mass is 10.3. The van der Waals surface area contributed by atoms with Gasteiger partial charge in [-0.3, -0.25) is 4.79 Å². The first kappa shape index (κ1) is 11.3. The van der Waals surface area contributed by atoms with Crippen molar-refractivity contribution >= 4 is 29.2 Å². The Kier molecular flexibility index (Phi) is 3.88. The van der Waals surface area contributed by atoms with Gasteiger partial charge in [-0.15, -0.1) is 0 Å². The molecule has 0 bridgehead atoms. The second kappa shape index (κ2) is 5.17. The number of halogens is 1. The van der Waals surface area contributed by atoms with Gasteiger partial charge >= 0.3 is 5.97 Å². The maximum Gasteiger partial charge on any atom is 0.328 e. The number of carboxylic acid groups (broad SMARTS) is 1. The van der Waals surface area contributed by atoms with Crippen LogP contribution in [0.1, 0.15) is 0 Å². The lowest BCUT2D eigenvalue weighted by Gasteiger charge is -2.03. The SMILES string of the molecule is O=C(O)C=CC(=O)Nc1ccccc1Cl. The van der Waals surface area contributed by atoms with Gasteiger partial charge in [0.15, 0.2) is 0 Å². The summed E-state index contributed by atoms with van der Waals surface area (Å²) >= 11 is 5.78. The molecule has 78 valence electrons. The minimum absolute atomic E-state index is 0.398. The van der Waals surface area contributed by atoms with Gasteiger partial charge in [-0.05, 0) is 12.1 Å². The molecule has 1 rings (SSSR count). The van der Waals surface area contributed by atoms with Crippen LogP contribution in [0.2, 0.25) is 5.02 Å². The minimum atomic E-state index is -1.18. The average molecular weight is 226 g/mol. The highest BCUT2D eigenvalue weighted by Gasteiger charge is 2.01. The van der Waals surface area contributed by atoms with Crippen molar-refractivity contribution in [2.75, 3.05) is 5.32 Å². The molecule has 2 N–H and O–H groups in total. The summed E-state index contributed by atoms with van der Waals surface area (Å²) in [6.45, 7) is 0. The smallest absolute Gasteiger partial charge is 0.328 e. The Labute approximate surface area is 91.2 Å². The number of rotatable bonds is 3. The number of hydrogen-bond acceptors (Lipinski definition) is 2. The third-order valence-electron chi connectivity index (χ3n) is 1.51. The molecule has 0 aliphatic heterocycles. The van der Waals surface area contributed by atoms with Crippen molar-refractivity contribution in [3.8, 4) is 0 Å². The highest BCUT2D eigenvalue weighted by atomic mass is 35.5. The van der Waals surface area contributed by atoms with Crippen LogP contribution in [0.25, 0.3) is 0 Å². The number of para-hydroxylation sites is 1. The summed E-state index contributed by atoms with van der Waals surface area (Å²) in [4.78, 5) is 21.3. The van der Waals surface area contributed by atoms with Crippen LogP contribution < -0.4 is 5.32 Å². The maximum atomic E-state index is 11.1. The molecule has 0 aromatic heterocycles. The molecule has 0 saturated heterocycles. The zero-order valence-electron chi connectivity index (χ0n) is 7.61. The standard InChI is InChI=1S/C10H8ClNO3/c11-7-3-1-2-4-8(7)12-9(13)5-6-10(14)15/h1-6H,(H,12,13)(H,14,15). The summed E-state index contributed by atoms with van der Waals surface area (Å²) in [7, 11) is 0. The van der Waals surface area contributed by atoms with E-state index in [1.54, 1.807) is 24.3 Å². The van der Waals surface area contributed by atoms with Crippen molar-refractivity contribution in [3.05, 3.63) is 41.4 Å². The number of aliphatic carboxylic acids is 1. The van der Waals surface area contributed by atoms with E-state index in [0.29, 0.717) is 10.7 Å². The predicted octanol–water partition coefficient (Wildman–Crippen LogP) is 1.92. The zero-order chi connectivity index (χ0) is 11.3. The summed E-state index contributed by atoms with van der Waals surface area (Å²) in [6.07, 6.45) is 1.68. The van der Waals surface area contributed by atoms with Crippen LogP contribution in [0.5, 0.6) is 0 Å². The number of carbonyl (C=O) groups excluding carboxylic acids is 1. The number of nitrogens with one attached hydrogen (secondary N) is 1. The van der Waals surface area contributed by atoms with Crippen LogP contribution in [0.3, 0.4) is 0 Å². The highest BCUT2D eigenvalue weighted by molar-refractivity contribution is 6.33. The molecule has 0 heterocycles. The first-order chi connectivity index (χ1) is 7.09. The fraction of sp³-hybridized carbons (Fsp3) is 0. The topological polar surface area (TPSA) is 66.4 Å². The molecule has 1 amide bonds. The van der Waals surface area contributed by atoms with Gasteiger partial charge in [0, 0.05) is 12.2 Å². The van der Waals surface area contributed by atoms with Crippen molar-refractivity contribution in [2.24, 2.45) is 0 Å². The van der Waals surface area contributed by atoms with E-state index in [2.05, 4.69) is 5.32 Å². The first-order valence-corrected chi connectivity index (χ1v) is 4.44. The van der Waals surface area contributed by atoms with Crippen LogP contribution in [0, 0.1) is 0 Å². The molecule has 0 fully saturated rings. The number of amides is 1. The number of benzene rings is 1. The van der Waals surface area contributed by atoms with E-state index in [9.17, 15) is 9.59 Å². The quantitative estimate of drug-likeness (QED) is 0.773. The van der Waals surface area contributed by atoms with E-state index in [-0.39, 0.29) is 0 Å². The van der Waals surface area contributed by atoms with Crippen LogP contribution in [-0.2, 0) is 9.59 Å². The Bertz CT molecular complexity index is 415. The molecular weight excluding hydrogens is 218 g/mol. The maximum absolute atomic E-state index is 11.1. The molecule has 0 aliphatic rings. The Morgan fingerprint density at radius 1 is 1.27 bits per heavy atom. The third-order valence-corrected chi connectivity index (χ3v) is 1.84. The molecule has 0 radical (unpaired) electrons. The second-order valence-electron chi connectivity index (χ2n) is 2.64. The highest BCUT2D eigenvalue weighted by Crippen LogP contribution is 2.20. The molecule has 0 unspecified atom stereocenters. The largest absolute Gasteiger partial charge is 0.478 e. The fourth-order valence-corrected chi connectivity index (χ4v) is 1.07. The monoisotopic (exact) mass is 225 g/mol. The third kappa shape index (κ3) is 3.83. The van der Waals surface area contributed by atoms with Gasteiger partial charge in [0.25, 0.3) is 0 Å². The summed E-state index contributed by atoms with van der Waals surface area (Å²) in [5, 5.41) is 11.1. The normalized spacial score (nSPS) is 10.2. The molecule has 15 heavy (non-hydrogen) atoms. The first-order valence-electron chi connectivity index (χ1n) is 4.06. The Morgan fingerprint density at radius 2 is 1.93 bits per heavy atom. The van der Waals surface area contributed by atoms with Gasteiger partial charge in [-0.25, -0.2) is 4.79 Å². The molecule has 0 spiro atoms.